The molecule has 10 heterocycles. The number of fused-ring (bicyclic) bond motifs is 2. The number of ether oxygens (including phenoxy) is 3. The van der Waals surface area contributed by atoms with Crippen LogP contribution in [0.5, 0.6) is 0 Å². The van der Waals surface area contributed by atoms with Gasteiger partial charge in [-0.2, -0.15) is 9.97 Å². The summed E-state index contributed by atoms with van der Waals surface area (Å²) in [6.07, 6.45) is 17.4. The molecule has 4 aliphatic heterocycles. The highest BCUT2D eigenvalue weighted by Crippen LogP contribution is 2.39. The van der Waals surface area contributed by atoms with Gasteiger partial charge in [0.25, 0.3) is 11.8 Å². The second kappa shape index (κ2) is 22.1. The van der Waals surface area contributed by atoms with Gasteiger partial charge in [-0.3, -0.25) is 19.4 Å². The van der Waals surface area contributed by atoms with Crippen LogP contribution >= 0.6 is 0 Å². The van der Waals surface area contributed by atoms with Crippen LogP contribution in [0, 0.1) is 0 Å². The summed E-state index contributed by atoms with van der Waals surface area (Å²) in [7, 11) is 7.03. The standard InChI is InChI=1S/C31H40N8O5.C26H32N8O3/c1-30(2,3)43-28(41)37-14-8-13-31(18-37)19-38(29(42)44-31)22-11-12-24(32-17-22)34-27-33-16-20-15-23(26(40)36(4)5)39(25(20)35-27)21-9-6-7-10-21;1-32(2)23(35)20-12-17-13-29-24(31-22(17)34(20)18-6-3-4-7-18)30-21-9-8-19(14-28-21)33-16-26(37-25(33)36)10-5-11-27-15-26/h11-12,15-17,21H,6-10,13-14,18-19H2,1-5H3,(H,32,33,34,35);8-9,12-14,18,27H,3-7,10-11,15-16H2,1-2H3,(H,28,29,30,31)/t31-;26-/m11/s1. The lowest BCUT2D eigenvalue weighted by atomic mass is 9.93. The van der Waals surface area contributed by atoms with Crippen LogP contribution in [0.1, 0.15) is 131 Å². The Balaban J connectivity index is 0.000000173. The molecule has 0 aromatic carbocycles. The van der Waals surface area contributed by atoms with E-state index in [1.807, 2.05) is 39.0 Å². The number of likely N-dealkylation sites (tertiary alicyclic amines) is 1. The van der Waals surface area contributed by atoms with Crippen LogP contribution in [-0.2, 0) is 14.2 Å². The average Bonchev–Trinajstić information content (AvgIpc) is 4.34. The summed E-state index contributed by atoms with van der Waals surface area (Å²) in [5.74, 6) is 1.74. The van der Waals surface area contributed by atoms with Gasteiger partial charge in [-0.05, 0) is 115 Å². The van der Waals surface area contributed by atoms with E-state index in [9.17, 15) is 24.0 Å². The summed E-state index contributed by atoms with van der Waals surface area (Å²) < 4.78 is 21.3. The number of anilines is 6. The molecule has 6 aliphatic rings. The first-order valence-corrected chi connectivity index (χ1v) is 28.2. The van der Waals surface area contributed by atoms with E-state index >= 15 is 0 Å². The fraction of sp³-hybridized carbons (Fsp3) is 0.526. The van der Waals surface area contributed by atoms with Crippen LogP contribution in [0.2, 0.25) is 0 Å². The summed E-state index contributed by atoms with van der Waals surface area (Å²) in [6, 6.07) is 11.4. The van der Waals surface area contributed by atoms with E-state index < -0.39 is 29.0 Å². The maximum absolute atomic E-state index is 13.0. The molecule has 2 spiro atoms. The normalized spacial score (nSPS) is 21.4. The second-order valence-corrected chi connectivity index (χ2v) is 23.6. The molecule has 12 rings (SSSR count). The number of carbonyl (C=O) groups is 5. The minimum Gasteiger partial charge on any atom is -0.444 e. The zero-order chi connectivity index (χ0) is 56.8. The fourth-order valence-corrected chi connectivity index (χ4v) is 12.1. The molecule has 0 unspecified atom stereocenters. The van der Waals surface area contributed by atoms with Crippen LogP contribution in [0.15, 0.2) is 61.2 Å². The van der Waals surface area contributed by atoms with E-state index in [0.717, 1.165) is 87.2 Å². The molecule has 0 bridgehead atoms. The van der Waals surface area contributed by atoms with Gasteiger partial charge in [0.1, 0.15) is 51.1 Å². The molecule has 2 atom stereocenters. The van der Waals surface area contributed by atoms with Crippen LogP contribution in [0.25, 0.3) is 22.1 Å². The van der Waals surface area contributed by atoms with Gasteiger partial charge in [0.05, 0.1) is 43.4 Å². The summed E-state index contributed by atoms with van der Waals surface area (Å²) in [6.45, 7) is 8.78. The van der Waals surface area contributed by atoms with Crippen molar-refractivity contribution < 1.29 is 38.2 Å². The Morgan fingerprint density at radius 1 is 0.642 bits per heavy atom. The number of piperidine rings is 2. The minimum atomic E-state index is -0.798. The van der Waals surface area contributed by atoms with Gasteiger partial charge >= 0.3 is 18.3 Å². The Bertz CT molecular complexity index is 3340. The molecule has 6 aromatic heterocycles. The van der Waals surface area contributed by atoms with Crippen LogP contribution in [0.3, 0.4) is 0 Å². The number of nitrogens with zero attached hydrogens (tertiary/aromatic N) is 13. The first-order valence-electron chi connectivity index (χ1n) is 28.2. The van der Waals surface area contributed by atoms with Crippen LogP contribution in [-0.4, -0.2) is 168 Å². The zero-order valence-electron chi connectivity index (χ0n) is 47.2. The van der Waals surface area contributed by atoms with Gasteiger partial charge in [0.15, 0.2) is 0 Å². The number of hydrogen-bond donors (Lipinski definition) is 3. The van der Waals surface area contributed by atoms with Crippen molar-refractivity contribution >= 4 is 87.1 Å². The largest absolute Gasteiger partial charge is 0.444 e. The van der Waals surface area contributed by atoms with Crippen molar-refractivity contribution in [3.63, 3.8) is 0 Å². The van der Waals surface area contributed by atoms with E-state index in [-0.39, 0.29) is 36.5 Å². The van der Waals surface area contributed by atoms with E-state index in [1.165, 1.54) is 0 Å². The maximum Gasteiger partial charge on any atom is 0.415 e. The predicted molar refractivity (Wildman–Crippen MR) is 303 cm³/mol. The molecular formula is C57H72N16O8. The number of amides is 5. The van der Waals surface area contributed by atoms with E-state index in [2.05, 4.69) is 45.0 Å². The van der Waals surface area contributed by atoms with E-state index in [4.69, 9.17) is 24.2 Å². The quantitative estimate of drug-likeness (QED) is 0.109. The lowest BCUT2D eigenvalue weighted by Crippen LogP contribution is -2.53. The predicted octanol–water partition coefficient (Wildman–Crippen LogP) is 8.58. The van der Waals surface area contributed by atoms with Crippen molar-refractivity contribution in [2.24, 2.45) is 0 Å². The third kappa shape index (κ3) is 11.5. The van der Waals surface area contributed by atoms with Gasteiger partial charge in [-0.15, -0.1) is 0 Å². The Morgan fingerprint density at radius 2 is 1.12 bits per heavy atom. The van der Waals surface area contributed by atoms with Crippen molar-refractivity contribution in [3.8, 4) is 0 Å². The lowest BCUT2D eigenvalue weighted by Gasteiger charge is -2.38. The Labute approximate surface area is 469 Å². The first kappa shape index (κ1) is 54.8. The minimum absolute atomic E-state index is 0.0390. The van der Waals surface area contributed by atoms with Crippen molar-refractivity contribution in [3.05, 3.63) is 72.6 Å². The number of pyridine rings is 2. The van der Waals surface area contributed by atoms with Gasteiger partial charge in [-0.1, -0.05) is 25.7 Å². The van der Waals surface area contributed by atoms with Gasteiger partial charge in [0.2, 0.25) is 11.9 Å². The Kier molecular flexibility index (Phi) is 14.9. The van der Waals surface area contributed by atoms with E-state index in [0.29, 0.717) is 91.0 Å². The van der Waals surface area contributed by atoms with Gasteiger partial charge < -0.3 is 54.0 Å². The number of hydrogen-bond acceptors (Lipinski definition) is 17. The molecule has 24 heteroatoms. The van der Waals surface area contributed by atoms with Crippen LogP contribution in [0.4, 0.5) is 49.3 Å². The number of nitrogens with one attached hydrogen (secondary N) is 3. The SMILES string of the molecule is CN(C)C(=O)c1cc2cnc(Nc3ccc(N4C[C@]5(CCCN(C(=O)OC(C)(C)C)C5)OC4=O)cn3)nc2n1C1CCCC1.CN(C)C(=O)c1cc2cnc(Nc3ccc(N4C[C@]5(CCCNC5)OC4=O)cn3)nc2n1C1CCCC1. The zero-order valence-corrected chi connectivity index (χ0v) is 47.2. The first-order chi connectivity index (χ1) is 38.8. The average molecular weight is 1110 g/mol. The molecule has 428 valence electrons. The highest BCUT2D eigenvalue weighted by molar-refractivity contribution is 5.99. The summed E-state index contributed by atoms with van der Waals surface area (Å²) in [5.41, 5.74) is 2.14. The maximum atomic E-state index is 13.0. The topological polar surface area (TPSA) is 253 Å². The molecule has 24 nitrogen and oxygen atoms in total. The summed E-state index contributed by atoms with van der Waals surface area (Å²) in [4.78, 5) is 99.7. The molecule has 6 aromatic rings. The molecule has 3 N–H and O–H groups in total. The molecule has 2 saturated carbocycles. The summed E-state index contributed by atoms with van der Waals surface area (Å²) in [5, 5.41) is 11.3. The fourth-order valence-electron chi connectivity index (χ4n) is 12.1. The molecule has 81 heavy (non-hydrogen) atoms. The lowest BCUT2D eigenvalue weighted by molar-refractivity contribution is -0.0275. The molecule has 0 radical (unpaired) electrons. The second-order valence-electron chi connectivity index (χ2n) is 23.6. The molecule has 5 amide bonds. The number of aromatic nitrogens is 8. The van der Waals surface area contributed by atoms with Crippen molar-refractivity contribution in [1.29, 1.82) is 0 Å². The molecular weight excluding hydrogens is 1040 g/mol. The van der Waals surface area contributed by atoms with Crippen molar-refractivity contribution in [1.82, 2.24) is 59.1 Å². The Morgan fingerprint density at radius 3 is 1.57 bits per heavy atom. The van der Waals surface area contributed by atoms with Gasteiger partial charge in [-0.25, -0.2) is 34.3 Å². The van der Waals surface area contributed by atoms with Crippen molar-refractivity contribution in [2.75, 3.05) is 87.9 Å². The van der Waals surface area contributed by atoms with E-state index in [1.54, 1.807) is 95.7 Å². The highest BCUT2D eigenvalue weighted by atomic mass is 16.6. The highest BCUT2D eigenvalue weighted by Gasteiger charge is 2.50. The molecule has 4 saturated heterocycles. The smallest absolute Gasteiger partial charge is 0.415 e. The van der Waals surface area contributed by atoms with Crippen LogP contribution < -0.4 is 25.8 Å². The monoisotopic (exact) mass is 1110 g/mol. The summed E-state index contributed by atoms with van der Waals surface area (Å²) >= 11 is 0. The number of rotatable bonds is 10. The third-order valence-electron chi connectivity index (χ3n) is 15.9. The van der Waals surface area contributed by atoms with Crippen molar-refractivity contribution in [2.45, 2.75) is 127 Å². The number of carbonyl (C=O) groups excluding carboxylic acids is 5. The Hall–Kier alpha value is -8.15. The molecule has 2 aliphatic carbocycles. The molecule has 6 fully saturated rings. The third-order valence-corrected chi connectivity index (χ3v) is 15.9. The van der Waals surface area contributed by atoms with Gasteiger partial charge in [0, 0.05) is 76.5 Å².